The molecule has 2 fully saturated rings. The number of hydrogen-bond acceptors (Lipinski definition) is 3. The molecule has 37 heavy (non-hydrogen) atoms. The predicted molar refractivity (Wildman–Crippen MR) is 150 cm³/mol. The van der Waals surface area contributed by atoms with Crippen LogP contribution in [0.25, 0.3) is 17.0 Å². The molecule has 3 aromatic carbocycles. The van der Waals surface area contributed by atoms with Crippen molar-refractivity contribution in [2.75, 3.05) is 0 Å². The Morgan fingerprint density at radius 2 is 1.76 bits per heavy atom. The summed E-state index contributed by atoms with van der Waals surface area (Å²) in [5, 5.41) is 1.84. The summed E-state index contributed by atoms with van der Waals surface area (Å²) in [6, 6.07) is 25.0. The van der Waals surface area contributed by atoms with Crippen LogP contribution in [-0.4, -0.2) is 26.6 Å². The topological polar surface area (TPSA) is 37.6 Å². The molecule has 2 aliphatic rings. The lowest BCUT2D eigenvalue weighted by molar-refractivity contribution is -0.123. The maximum atomic E-state index is 13.9. The van der Waals surface area contributed by atoms with Crippen molar-refractivity contribution in [1.82, 2.24) is 9.47 Å². The number of thioether (sulfide) groups is 1. The molecule has 1 aliphatic carbocycles. The molecule has 4 aromatic rings. The van der Waals surface area contributed by atoms with Crippen molar-refractivity contribution in [3.05, 3.63) is 106 Å². The van der Waals surface area contributed by atoms with Gasteiger partial charge in [-0.05, 0) is 73.5 Å². The Labute approximate surface area is 220 Å². The lowest BCUT2D eigenvalue weighted by atomic mass is 10.1. The van der Waals surface area contributed by atoms with Gasteiger partial charge in [-0.15, -0.1) is 0 Å². The Bertz CT molecular complexity index is 1530. The van der Waals surface area contributed by atoms with E-state index < -0.39 is 0 Å². The first-order valence-corrected chi connectivity index (χ1v) is 13.6. The van der Waals surface area contributed by atoms with Crippen LogP contribution in [0, 0.1) is 12.7 Å². The summed E-state index contributed by atoms with van der Waals surface area (Å²) in [6.07, 6.45) is 6.34. The van der Waals surface area contributed by atoms with Gasteiger partial charge in [0.05, 0.1) is 10.6 Å². The number of fused-ring (bicyclic) bond motifs is 1. The van der Waals surface area contributed by atoms with Crippen molar-refractivity contribution < 1.29 is 9.18 Å². The zero-order valence-corrected chi connectivity index (χ0v) is 21.5. The van der Waals surface area contributed by atoms with Crippen LogP contribution in [0.2, 0.25) is 0 Å². The molecule has 0 bridgehead atoms. The van der Waals surface area contributed by atoms with Gasteiger partial charge in [-0.2, -0.15) is 0 Å². The fourth-order valence-corrected chi connectivity index (χ4v) is 6.50. The lowest BCUT2D eigenvalue weighted by Gasteiger charge is -2.22. The summed E-state index contributed by atoms with van der Waals surface area (Å²) in [5.41, 5.74) is 4.89. The predicted octanol–water partition coefficient (Wildman–Crippen LogP) is 7.68. The van der Waals surface area contributed by atoms with E-state index >= 15 is 0 Å². The monoisotopic (exact) mass is 509 g/mol. The van der Waals surface area contributed by atoms with Gasteiger partial charge in [0.25, 0.3) is 5.91 Å². The largest absolute Gasteiger partial charge is 0.340 e. The van der Waals surface area contributed by atoms with Crippen LogP contribution in [-0.2, 0) is 11.3 Å². The number of carbonyl (C=O) groups is 1. The molecule has 0 N–H and O–H groups in total. The summed E-state index contributed by atoms with van der Waals surface area (Å²) in [5.74, 6) is -0.202. The summed E-state index contributed by atoms with van der Waals surface area (Å²) >= 11 is 1.46. The Kier molecular flexibility index (Phi) is 6.43. The van der Waals surface area contributed by atoms with Crippen molar-refractivity contribution in [1.29, 1.82) is 0 Å². The first kappa shape index (κ1) is 23.7. The first-order chi connectivity index (χ1) is 18.1. The minimum atomic E-state index is -0.237. The van der Waals surface area contributed by atoms with E-state index in [1.165, 1.54) is 17.8 Å². The number of amides is 1. The number of para-hydroxylation sites is 2. The molecule has 186 valence electrons. The molecular weight excluding hydrogens is 481 g/mol. The molecule has 1 saturated heterocycles. The van der Waals surface area contributed by atoms with Gasteiger partial charge < -0.3 is 4.57 Å². The molecule has 2 heterocycles. The SMILES string of the molecule is Cc1c(/C=C2/SC(=Nc3ccccc3)N(C3CCCC3)C2=O)c2ccccc2n1Cc1cccc(F)c1. The maximum Gasteiger partial charge on any atom is 0.267 e. The van der Waals surface area contributed by atoms with Gasteiger partial charge in [0.15, 0.2) is 5.17 Å². The van der Waals surface area contributed by atoms with Crippen molar-refractivity contribution in [3.63, 3.8) is 0 Å². The van der Waals surface area contributed by atoms with E-state index in [1.807, 2.05) is 59.5 Å². The third-order valence-electron chi connectivity index (χ3n) is 7.29. The summed E-state index contributed by atoms with van der Waals surface area (Å²) in [7, 11) is 0. The average molecular weight is 510 g/mol. The summed E-state index contributed by atoms with van der Waals surface area (Å²) in [6.45, 7) is 2.63. The van der Waals surface area contributed by atoms with E-state index in [-0.39, 0.29) is 17.8 Å². The Morgan fingerprint density at radius 1 is 1.00 bits per heavy atom. The molecule has 6 rings (SSSR count). The second kappa shape index (κ2) is 10.0. The molecule has 1 saturated carbocycles. The highest BCUT2D eigenvalue weighted by atomic mass is 32.2. The number of rotatable bonds is 5. The van der Waals surface area contributed by atoms with Crippen LogP contribution in [0.3, 0.4) is 0 Å². The molecular formula is C31H28FN3OS. The number of halogens is 1. The normalized spacial score (nSPS) is 18.6. The van der Waals surface area contributed by atoms with Crippen LogP contribution < -0.4 is 0 Å². The highest BCUT2D eigenvalue weighted by Crippen LogP contribution is 2.40. The van der Waals surface area contributed by atoms with Crippen LogP contribution >= 0.6 is 11.8 Å². The van der Waals surface area contributed by atoms with Crippen LogP contribution in [0.5, 0.6) is 0 Å². The minimum absolute atomic E-state index is 0.0351. The molecule has 1 aliphatic heterocycles. The first-order valence-electron chi connectivity index (χ1n) is 12.8. The van der Waals surface area contributed by atoms with Crippen molar-refractivity contribution in [2.24, 2.45) is 4.99 Å². The van der Waals surface area contributed by atoms with E-state index in [9.17, 15) is 9.18 Å². The fraction of sp³-hybridized carbons (Fsp3) is 0.226. The van der Waals surface area contributed by atoms with Gasteiger partial charge in [0.1, 0.15) is 5.82 Å². The van der Waals surface area contributed by atoms with Crippen LogP contribution in [0.4, 0.5) is 10.1 Å². The summed E-state index contributed by atoms with van der Waals surface area (Å²) in [4.78, 5) is 21.3. The molecule has 0 atom stereocenters. The summed E-state index contributed by atoms with van der Waals surface area (Å²) < 4.78 is 16.1. The minimum Gasteiger partial charge on any atom is -0.340 e. The number of nitrogens with zero attached hydrogens (tertiary/aromatic N) is 3. The van der Waals surface area contributed by atoms with Crippen molar-refractivity contribution in [3.8, 4) is 0 Å². The van der Waals surface area contributed by atoms with Gasteiger partial charge in [0, 0.05) is 34.7 Å². The molecule has 6 heteroatoms. The Hall–Kier alpha value is -3.64. The highest BCUT2D eigenvalue weighted by molar-refractivity contribution is 8.18. The number of hydrogen-bond donors (Lipinski definition) is 0. The number of carbonyl (C=O) groups excluding carboxylic acids is 1. The number of aromatic nitrogens is 1. The van der Waals surface area contributed by atoms with Crippen molar-refractivity contribution >= 4 is 45.5 Å². The van der Waals surface area contributed by atoms with E-state index in [1.54, 1.807) is 12.1 Å². The molecule has 4 nitrogen and oxygen atoms in total. The number of amidine groups is 1. The van der Waals surface area contributed by atoms with E-state index in [0.29, 0.717) is 11.4 Å². The van der Waals surface area contributed by atoms with E-state index in [0.717, 1.165) is 64.3 Å². The molecule has 0 radical (unpaired) electrons. The second-order valence-corrected chi connectivity index (χ2v) is 10.7. The van der Waals surface area contributed by atoms with Crippen LogP contribution in [0.15, 0.2) is 88.8 Å². The highest BCUT2D eigenvalue weighted by Gasteiger charge is 2.39. The zero-order valence-electron chi connectivity index (χ0n) is 20.7. The molecule has 0 unspecified atom stereocenters. The maximum absolute atomic E-state index is 13.9. The molecule has 0 spiro atoms. The van der Waals surface area contributed by atoms with Gasteiger partial charge in [0.2, 0.25) is 0 Å². The average Bonchev–Trinajstić information content (AvgIpc) is 3.60. The zero-order chi connectivity index (χ0) is 25.4. The third-order valence-corrected chi connectivity index (χ3v) is 8.28. The smallest absolute Gasteiger partial charge is 0.267 e. The van der Waals surface area contributed by atoms with Gasteiger partial charge in [-0.25, -0.2) is 9.38 Å². The third kappa shape index (κ3) is 4.62. The molecule has 1 aromatic heterocycles. The Morgan fingerprint density at radius 3 is 2.54 bits per heavy atom. The number of benzene rings is 3. The Balaban J connectivity index is 1.42. The van der Waals surface area contributed by atoms with Crippen molar-refractivity contribution in [2.45, 2.75) is 45.2 Å². The van der Waals surface area contributed by atoms with Gasteiger partial charge in [-0.1, -0.05) is 61.4 Å². The standard InChI is InChI=1S/C31H28FN3OS/c1-21-27(26-16-7-8-17-28(26)34(21)20-22-10-9-11-23(32)18-22)19-29-30(36)35(25-14-5-6-15-25)31(37-29)33-24-12-3-2-4-13-24/h2-4,7-13,16-19,25H,5-6,14-15,20H2,1H3/b29-19+,33-31?. The van der Waals surface area contributed by atoms with Gasteiger partial charge in [-0.3, -0.25) is 9.69 Å². The second-order valence-electron chi connectivity index (χ2n) is 9.69. The van der Waals surface area contributed by atoms with Crippen LogP contribution in [0.1, 0.15) is 42.5 Å². The van der Waals surface area contributed by atoms with Gasteiger partial charge >= 0.3 is 0 Å². The van der Waals surface area contributed by atoms with E-state index in [2.05, 4.69) is 23.6 Å². The number of aliphatic imine (C=N–C) groups is 1. The fourth-order valence-electron chi connectivity index (χ4n) is 5.45. The lowest BCUT2D eigenvalue weighted by Crippen LogP contribution is -2.37. The molecule has 1 amide bonds. The van der Waals surface area contributed by atoms with E-state index in [4.69, 9.17) is 4.99 Å². The quantitative estimate of drug-likeness (QED) is 0.259.